The Morgan fingerprint density at radius 1 is 1.25 bits per heavy atom. The Morgan fingerprint density at radius 3 is 2.57 bits per heavy atom. The molecule has 2 aliphatic rings. The Kier molecular flexibility index (Phi) is 5.64. The first-order chi connectivity index (χ1) is 13.2. The van der Waals surface area contributed by atoms with Gasteiger partial charge in [0.25, 0.3) is 0 Å². The van der Waals surface area contributed by atoms with E-state index in [4.69, 9.17) is 0 Å². The summed E-state index contributed by atoms with van der Waals surface area (Å²) in [5.74, 6) is -0.583. The fourth-order valence-corrected chi connectivity index (χ4v) is 4.74. The lowest BCUT2D eigenvalue weighted by Crippen LogP contribution is -2.54. The molecule has 1 unspecified atom stereocenters. The van der Waals surface area contributed by atoms with Crippen molar-refractivity contribution in [2.45, 2.75) is 19.9 Å². The van der Waals surface area contributed by atoms with E-state index in [1.165, 1.54) is 22.9 Å². The number of aryl methyl sites for hydroxylation is 2. The van der Waals surface area contributed by atoms with Gasteiger partial charge in [0.05, 0.1) is 12.3 Å². The smallest absolute Gasteiger partial charge is 0.331 e. The summed E-state index contributed by atoms with van der Waals surface area (Å²) in [5, 5.41) is 2.49. The number of piperazine rings is 1. The summed E-state index contributed by atoms with van der Waals surface area (Å²) in [7, 11) is -3.79. The highest BCUT2D eigenvalue weighted by atomic mass is 32.2. The van der Waals surface area contributed by atoms with Crippen molar-refractivity contribution in [3.05, 3.63) is 42.0 Å². The van der Waals surface area contributed by atoms with Crippen molar-refractivity contribution in [1.82, 2.24) is 14.5 Å². The zero-order valence-corrected chi connectivity index (χ0v) is 17.0. The second-order valence-electron chi connectivity index (χ2n) is 7.20. The molecule has 28 heavy (non-hydrogen) atoms. The topological polar surface area (TPSA) is 90.0 Å². The zero-order valence-electron chi connectivity index (χ0n) is 16.2. The molecule has 2 saturated heterocycles. The molecule has 0 spiro atoms. The average Bonchev–Trinajstić information content (AvgIpc) is 3.06. The number of carbonyl (C=O) groups is 2. The molecule has 0 aromatic heterocycles. The van der Waals surface area contributed by atoms with E-state index >= 15 is 0 Å². The summed E-state index contributed by atoms with van der Waals surface area (Å²) in [6, 6.07) is 4.71. The Balaban J connectivity index is 1.62. The molecule has 0 radical (unpaired) electrons. The van der Waals surface area contributed by atoms with Crippen LogP contribution in [0.15, 0.2) is 30.9 Å². The van der Waals surface area contributed by atoms with Gasteiger partial charge in [-0.05, 0) is 31.0 Å². The maximum Gasteiger partial charge on any atom is 0.331 e. The summed E-state index contributed by atoms with van der Waals surface area (Å²) in [5.41, 5.74) is 3.55. The molecule has 0 saturated carbocycles. The number of rotatable bonds is 5. The molecule has 3 amide bonds. The van der Waals surface area contributed by atoms with Gasteiger partial charge in [-0.25, -0.2) is 17.5 Å². The van der Waals surface area contributed by atoms with Gasteiger partial charge in [0, 0.05) is 31.9 Å². The predicted molar refractivity (Wildman–Crippen MR) is 108 cm³/mol. The summed E-state index contributed by atoms with van der Waals surface area (Å²) < 4.78 is 24.9. The van der Waals surface area contributed by atoms with Crippen LogP contribution in [0.5, 0.6) is 0 Å². The first kappa shape index (κ1) is 20.2. The number of hydrogen-bond acceptors (Lipinski definition) is 5. The Bertz CT molecular complexity index is 891. The molecule has 152 valence electrons. The molecule has 0 bridgehead atoms. The van der Waals surface area contributed by atoms with E-state index < -0.39 is 22.1 Å². The van der Waals surface area contributed by atoms with Crippen LogP contribution in [0.3, 0.4) is 0 Å². The molecule has 0 aliphatic carbocycles. The van der Waals surface area contributed by atoms with Gasteiger partial charge in [-0.1, -0.05) is 18.2 Å². The number of nitrogens with zero attached hydrogens (tertiary/aromatic N) is 3. The number of urea groups is 1. The molecule has 2 aliphatic heterocycles. The van der Waals surface area contributed by atoms with Gasteiger partial charge in [-0.2, -0.15) is 0 Å². The van der Waals surface area contributed by atoms with Crippen LogP contribution < -0.4 is 10.2 Å². The minimum Gasteiger partial charge on any atom is -0.368 e. The Labute approximate surface area is 165 Å². The Hall–Kier alpha value is -2.55. The van der Waals surface area contributed by atoms with E-state index in [0.717, 1.165) is 4.31 Å². The van der Waals surface area contributed by atoms with Crippen LogP contribution in [0.2, 0.25) is 0 Å². The number of benzene rings is 1. The lowest BCUT2D eigenvalue weighted by atomic mass is 10.1. The maximum absolute atomic E-state index is 12.8. The molecular weight excluding hydrogens is 380 g/mol. The van der Waals surface area contributed by atoms with Crippen LogP contribution in [0.1, 0.15) is 11.1 Å². The molecule has 1 N–H and O–H groups in total. The molecule has 1 aromatic rings. The highest BCUT2D eigenvalue weighted by molar-refractivity contribution is 7.89. The fraction of sp³-hybridized carbons (Fsp3) is 0.474. The van der Waals surface area contributed by atoms with Crippen LogP contribution in [0, 0.1) is 13.8 Å². The zero-order chi connectivity index (χ0) is 20.5. The van der Waals surface area contributed by atoms with E-state index in [-0.39, 0.29) is 18.2 Å². The van der Waals surface area contributed by atoms with Crippen molar-refractivity contribution in [2.75, 3.05) is 43.4 Å². The highest BCUT2D eigenvalue weighted by Crippen LogP contribution is 2.23. The lowest BCUT2D eigenvalue weighted by Gasteiger charge is -2.37. The van der Waals surface area contributed by atoms with Crippen molar-refractivity contribution in [3.63, 3.8) is 0 Å². The quantitative estimate of drug-likeness (QED) is 0.733. The van der Waals surface area contributed by atoms with Gasteiger partial charge < -0.3 is 15.1 Å². The second kappa shape index (κ2) is 7.83. The predicted octanol–water partition coefficient (Wildman–Crippen LogP) is 0.862. The van der Waals surface area contributed by atoms with Crippen molar-refractivity contribution in [1.29, 1.82) is 0 Å². The molecule has 8 nitrogen and oxygen atoms in total. The first-order valence-corrected chi connectivity index (χ1v) is 10.9. The van der Waals surface area contributed by atoms with Crippen LogP contribution >= 0.6 is 0 Å². The molecule has 9 heteroatoms. The van der Waals surface area contributed by atoms with Crippen LogP contribution in [-0.4, -0.2) is 74.1 Å². The van der Waals surface area contributed by atoms with E-state index in [0.29, 0.717) is 26.2 Å². The van der Waals surface area contributed by atoms with Crippen LogP contribution in [-0.2, 0) is 14.8 Å². The molecule has 2 heterocycles. The van der Waals surface area contributed by atoms with Crippen LogP contribution in [0.4, 0.5) is 10.5 Å². The largest absolute Gasteiger partial charge is 0.368 e. The van der Waals surface area contributed by atoms with E-state index in [9.17, 15) is 18.0 Å². The minimum atomic E-state index is -3.79. The number of carbonyl (C=O) groups excluding carboxylic acids is 2. The molecule has 3 rings (SSSR count). The van der Waals surface area contributed by atoms with Crippen molar-refractivity contribution >= 4 is 27.6 Å². The van der Waals surface area contributed by atoms with Gasteiger partial charge in [0.1, 0.15) is 6.04 Å². The molecule has 2 fully saturated rings. The Morgan fingerprint density at radius 2 is 1.93 bits per heavy atom. The van der Waals surface area contributed by atoms with E-state index in [2.05, 4.69) is 48.8 Å². The van der Waals surface area contributed by atoms with Crippen molar-refractivity contribution in [2.24, 2.45) is 0 Å². The monoisotopic (exact) mass is 406 g/mol. The third kappa shape index (κ3) is 3.99. The molecule has 1 aromatic carbocycles. The maximum atomic E-state index is 12.8. The molecular formula is C19H26N4O4S. The SMILES string of the molecule is C=CCS(=O)(=O)N1CC(C(=O)N2CCN(c3cc(C)ccc3C)CC2)NC1=O. The normalized spacial score (nSPS) is 20.3. The number of nitrogens with one attached hydrogen (secondary N) is 1. The van der Waals surface area contributed by atoms with Gasteiger partial charge in [-0.3, -0.25) is 4.79 Å². The first-order valence-electron chi connectivity index (χ1n) is 9.25. The number of anilines is 1. The average molecular weight is 407 g/mol. The van der Waals surface area contributed by atoms with Gasteiger partial charge in [0.15, 0.2) is 0 Å². The molecule has 1 atom stereocenters. The van der Waals surface area contributed by atoms with Crippen molar-refractivity contribution < 1.29 is 18.0 Å². The summed E-state index contributed by atoms with van der Waals surface area (Å²) in [4.78, 5) is 28.8. The van der Waals surface area contributed by atoms with Gasteiger partial charge >= 0.3 is 6.03 Å². The summed E-state index contributed by atoms with van der Waals surface area (Å²) in [6.07, 6.45) is 1.23. The van der Waals surface area contributed by atoms with Gasteiger partial charge in [0.2, 0.25) is 15.9 Å². The number of hydrogen-bond donors (Lipinski definition) is 1. The highest BCUT2D eigenvalue weighted by Gasteiger charge is 2.41. The second-order valence-corrected chi connectivity index (χ2v) is 9.14. The number of amides is 3. The fourth-order valence-electron chi connectivity index (χ4n) is 3.58. The van der Waals surface area contributed by atoms with Gasteiger partial charge in [-0.15, -0.1) is 6.58 Å². The van der Waals surface area contributed by atoms with E-state index in [1.807, 2.05) is 0 Å². The van der Waals surface area contributed by atoms with E-state index in [1.54, 1.807) is 4.90 Å². The van der Waals surface area contributed by atoms with Crippen molar-refractivity contribution in [3.8, 4) is 0 Å². The number of sulfonamides is 1. The third-order valence-corrected chi connectivity index (χ3v) is 6.78. The summed E-state index contributed by atoms with van der Waals surface area (Å²) in [6.45, 7) is 9.77. The van der Waals surface area contributed by atoms with Crippen LogP contribution in [0.25, 0.3) is 0 Å². The summed E-state index contributed by atoms with van der Waals surface area (Å²) >= 11 is 0. The third-order valence-electron chi connectivity index (χ3n) is 5.13. The minimum absolute atomic E-state index is 0.176. The standard InChI is InChI=1S/C19H26N4O4S/c1-4-11-28(26,27)23-13-16(20-19(23)25)18(24)22-9-7-21(8-10-22)17-12-14(2)5-6-15(17)3/h4-6,12,16H,1,7-11,13H2,2-3H3,(H,20,25). The lowest BCUT2D eigenvalue weighted by molar-refractivity contribution is -0.133.